The maximum absolute atomic E-state index is 5.30. The van der Waals surface area contributed by atoms with Gasteiger partial charge in [-0.05, 0) is 61.1 Å². The Balaban J connectivity index is 1.93. The molecular weight excluding hydrogens is 322 g/mol. The van der Waals surface area contributed by atoms with Crippen molar-refractivity contribution in [2.45, 2.75) is 13.0 Å². The van der Waals surface area contributed by atoms with Crippen LogP contribution >= 0.6 is 28.1 Å². The molecule has 0 aliphatic carbocycles. The summed E-state index contributed by atoms with van der Waals surface area (Å²) in [7, 11) is 0. The molecular formula is C14H14BrN3S. The highest BCUT2D eigenvalue weighted by molar-refractivity contribution is 9.10. The number of aromatic nitrogens is 1. The number of benzene rings is 1. The first kappa shape index (κ1) is 14.0. The average molecular weight is 336 g/mol. The summed E-state index contributed by atoms with van der Waals surface area (Å²) in [6.07, 6.45) is 3.55. The van der Waals surface area contributed by atoms with Crippen molar-refractivity contribution in [2.24, 2.45) is 0 Å². The predicted octanol–water partition coefficient (Wildman–Crippen LogP) is 3.89. The molecule has 0 saturated heterocycles. The Morgan fingerprint density at radius 2 is 1.79 bits per heavy atom. The van der Waals surface area contributed by atoms with Gasteiger partial charge >= 0.3 is 0 Å². The second-order valence-corrected chi connectivity index (χ2v) is 5.43. The Kier molecular flexibility index (Phi) is 4.87. The number of pyridine rings is 1. The smallest absolute Gasteiger partial charge is 0.171 e. The first-order valence-corrected chi connectivity index (χ1v) is 7.08. The van der Waals surface area contributed by atoms with E-state index in [0.717, 1.165) is 15.7 Å². The first-order chi connectivity index (χ1) is 9.15. The summed E-state index contributed by atoms with van der Waals surface area (Å²) < 4.78 is 1.04. The molecule has 98 valence electrons. The van der Waals surface area contributed by atoms with Gasteiger partial charge < -0.3 is 10.6 Å². The van der Waals surface area contributed by atoms with E-state index >= 15 is 0 Å². The van der Waals surface area contributed by atoms with E-state index in [9.17, 15) is 0 Å². The molecule has 1 aromatic carbocycles. The number of hydrogen-bond acceptors (Lipinski definition) is 2. The van der Waals surface area contributed by atoms with Gasteiger partial charge in [-0.2, -0.15) is 0 Å². The number of thiocarbonyl (C=S) groups is 1. The van der Waals surface area contributed by atoms with Crippen LogP contribution in [0.3, 0.4) is 0 Å². The summed E-state index contributed by atoms with van der Waals surface area (Å²) in [5.41, 5.74) is 2.11. The summed E-state index contributed by atoms with van der Waals surface area (Å²) in [4.78, 5) is 4.00. The zero-order valence-electron chi connectivity index (χ0n) is 10.4. The maximum Gasteiger partial charge on any atom is 0.171 e. The van der Waals surface area contributed by atoms with Crippen LogP contribution in [0, 0.1) is 0 Å². The van der Waals surface area contributed by atoms with E-state index in [2.05, 4.69) is 38.5 Å². The van der Waals surface area contributed by atoms with E-state index in [0.29, 0.717) is 5.11 Å². The molecule has 0 aliphatic heterocycles. The lowest BCUT2D eigenvalue weighted by molar-refractivity contribution is 0.721. The van der Waals surface area contributed by atoms with Gasteiger partial charge in [0.2, 0.25) is 0 Å². The van der Waals surface area contributed by atoms with Crippen molar-refractivity contribution < 1.29 is 0 Å². The van der Waals surface area contributed by atoms with Crippen LogP contribution in [0.15, 0.2) is 53.3 Å². The SMILES string of the molecule is CC(NC(=S)Nc1ccc(Br)cc1)c1ccncc1. The van der Waals surface area contributed by atoms with Crippen LogP contribution in [0.5, 0.6) is 0 Å². The molecule has 0 saturated carbocycles. The molecule has 1 heterocycles. The molecule has 1 unspecified atom stereocenters. The molecule has 2 N–H and O–H groups in total. The van der Waals surface area contributed by atoms with E-state index in [1.54, 1.807) is 12.4 Å². The molecule has 2 aromatic rings. The third-order valence-corrected chi connectivity index (χ3v) is 3.40. The van der Waals surface area contributed by atoms with Crippen LogP contribution in [0.25, 0.3) is 0 Å². The molecule has 0 fully saturated rings. The van der Waals surface area contributed by atoms with E-state index in [-0.39, 0.29) is 6.04 Å². The fourth-order valence-corrected chi connectivity index (χ4v) is 2.19. The minimum atomic E-state index is 0.137. The Labute approximate surface area is 126 Å². The normalized spacial score (nSPS) is 11.7. The molecule has 1 aromatic heterocycles. The lowest BCUT2D eigenvalue weighted by Gasteiger charge is -2.17. The van der Waals surface area contributed by atoms with Crippen LogP contribution in [0.4, 0.5) is 5.69 Å². The monoisotopic (exact) mass is 335 g/mol. The molecule has 1 atom stereocenters. The standard InChI is InChI=1S/C14H14BrN3S/c1-10(11-6-8-16-9-7-11)17-14(19)18-13-4-2-12(15)3-5-13/h2-10H,1H3,(H2,17,18,19). The van der Waals surface area contributed by atoms with E-state index in [1.165, 1.54) is 0 Å². The zero-order valence-corrected chi connectivity index (χ0v) is 12.8. The summed E-state index contributed by atoms with van der Waals surface area (Å²) in [5, 5.41) is 7.00. The fourth-order valence-electron chi connectivity index (χ4n) is 1.63. The minimum Gasteiger partial charge on any atom is -0.356 e. The minimum absolute atomic E-state index is 0.137. The Morgan fingerprint density at radius 3 is 2.42 bits per heavy atom. The highest BCUT2D eigenvalue weighted by Crippen LogP contribution is 2.15. The second kappa shape index (κ2) is 6.63. The zero-order chi connectivity index (χ0) is 13.7. The number of nitrogens with one attached hydrogen (secondary N) is 2. The second-order valence-electron chi connectivity index (χ2n) is 4.11. The van der Waals surface area contributed by atoms with Crippen molar-refractivity contribution in [2.75, 3.05) is 5.32 Å². The van der Waals surface area contributed by atoms with Crippen molar-refractivity contribution in [3.63, 3.8) is 0 Å². The third-order valence-electron chi connectivity index (χ3n) is 2.66. The maximum atomic E-state index is 5.30. The van der Waals surface area contributed by atoms with Gasteiger partial charge in [0, 0.05) is 22.6 Å². The van der Waals surface area contributed by atoms with Gasteiger partial charge in [0.1, 0.15) is 0 Å². The summed E-state index contributed by atoms with van der Waals surface area (Å²) >= 11 is 8.70. The lowest BCUT2D eigenvalue weighted by atomic mass is 10.1. The van der Waals surface area contributed by atoms with Gasteiger partial charge in [0.05, 0.1) is 6.04 Å². The van der Waals surface area contributed by atoms with Crippen LogP contribution in [-0.2, 0) is 0 Å². The molecule has 0 bridgehead atoms. The number of anilines is 1. The fraction of sp³-hybridized carbons (Fsp3) is 0.143. The van der Waals surface area contributed by atoms with Gasteiger partial charge in [-0.3, -0.25) is 4.98 Å². The summed E-state index contributed by atoms with van der Waals surface area (Å²) in [6.45, 7) is 2.06. The molecule has 0 amide bonds. The van der Waals surface area contributed by atoms with Gasteiger partial charge in [0.15, 0.2) is 5.11 Å². The molecule has 0 radical (unpaired) electrons. The number of halogens is 1. The van der Waals surface area contributed by atoms with Gasteiger partial charge in [-0.25, -0.2) is 0 Å². The average Bonchev–Trinajstić information content (AvgIpc) is 2.42. The number of nitrogens with zero attached hydrogens (tertiary/aromatic N) is 1. The van der Waals surface area contributed by atoms with Gasteiger partial charge in [-0.1, -0.05) is 15.9 Å². The largest absolute Gasteiger partial charge is 0.356 e. The number of hydrogen-bond donors (Lipinski definition) is 2. The molecule has 0 aliphatic rings. The van der Waals surface area contributed by atoms with Crippen LogP contribution in [0.1, 0.15) is 18.5 Å². The predicted molar refractivity (Wildman–Crippen MR) is 86.2 cm³/mol. The molecule has 3 nitrogen and oxygen atoms in total. The Morgan fingerprint density at radius 1 is 1.16 bits per heavy atom. The third kappa shape index (κ3) is 4.29. The lowest BCUT2D eigenvalue weighted by Crippen LogP contribution is -2.30. The van der Waals surface area contributed by atoms with Crippen molar-refractivity contribution >= 4 is 38.9 Å². The van der Waals surface area contributed by atoms with Crippen molar-refractivity contribution in [1.82, 2.24) is 10.3 Å². The molecule has 2 rings (SSSR count). The van der Waals surface area contributed by atoms with Crippen LogP contribution in [-0.4, -0.2) is 10.1 Å². The Hall–Kier alpha value is -1.46. The first-order valence-electron chi connectivity index (χ1n) is 5.88. The van der Waals surface area contributed by atoms with Crippen LogP contribution < -0.4 is 10.6 Å². The van der Waals surface area contributed by atoms with Gasteiger partial charge in [0.25, 0.3) is 0 Å². The summed E-state index contributed by atoms with van der Waals surface area (Å²) in [5.74, 6) is 0. The highest BCUT2D eigenvalue weighted by atomic mass is 79.9. The molecule has 5 heteroatoms. The van der Waals surface area contributed by atoms with Crippen LogP contribution in [0.2, 0.25) is 0 Å². The topological polar surface area (TPSA) is 37.0 Å². The molecule has 0 spiro atoms. The van der Waals surface area contributed by atoms with Crippen molar-refractivity contribution in [3.05, 3.63) is 58.8 Å². The van der Waals surface area contributed by atoms with Crippen molar-refractivity contribution in [3.8, 4) is 0 Å². The number of rotatable bonds is 3. The summed E-state index contributed by atoms with van der Waals surface area (Å²) in [6, 6.07) is 12.0. The van der Waals surface area contributed by atoms with E-state index in [1.807, 2.05) is 36.4 Å². The van der Waals surface area contributed by atoms with Gasteiger partial charge in [-0.15, -0.1) is 0 Å². The van der Waals surface area contributed by atoms with E-state index < -0.39 is 0 Å². The highest BCUT2D eigenvalue weighted by Gasteiger charge is 2.06. The van der Waals surface area contributed by atoms with E-state index in [4.69, 9.17) is 12.2 Å². The Bertz CT molecular complexity index is 542. The molecule has 19 heavy (non-hydrogen) atoms. The van der Waals surface area contributed by atoms with Crippen molar-refractivity contribution in [1.29, 1.82) is 0 Å². The quantitative estimate of drug-likeness (QED) is 0.834.